The van der Waals surface area contributed by atoms with Crippen LogP contribution in [0.1, 0.15) is 29.5 Å². The summed E-state index contributed by atoms with van der Waals surface area (Å²) in [4.78, 5) is 11.0. The zero-order chi connectivity index (χ0) is 18.9. The molecule has 0 aliphatic carbocycles. The third-order valence-corrected chi connectivity index (χ3v) is 4.50. The summed E-state index contributed by atoms with van der Waals surface area (Å²) in [7, 11) is 0. The molecule has 0 saturated carbocycles. The van der Waals surface area contributed by atoms with Crippen LogP contribution < -0.4 is 5.32 Å². The van der Waals surface area contributed by atoms with E-state index in [-0.39, 0.29) is 12.5 Å². The van der Waals surface area contributed by atoms with Gasteiger partial charge in [0, 0.05) is 30.8 Å². The van der Waals surface area contributed by atoms with Gasteiger partial charge in [-0.2, -0.15) is 5.10 Å². The molecule has 3 rings (SSSR count). The van der Waals surface area contributed by atoms with Gasteiger partial charge >= 0.3 is 5.97 Å². The number of carboxylic acids is 1. The highest BCUT2D eigenvalue weighted by molar-refractivity contribution is 5.66. The second-order valence-corrected chi connectivity index (χ2v) is 6.73. The monoisotopic (exact) mass is 363 g/mol. The summed E-state index contributed by atoms with van der Waals surface area (Å²) in [6.45, 7) is 1.42. The number of benzene rings is 2. The fourth-order valence-corrected chi connectivity index (χ4v) is 3.09. The highest BCUT2D eigenvalue weighted by atomic mass is 16.4. The summed E-state index contributed by atoms with van der Waals surface area (Å²) >= 11 is 0. The molecule has 0 saturated heterocycles. The molecule has 5 nitrogen and oxygen atoms in total. The summed E-state index contributed by atoms with van der Waals surface area (Å²) in [6.07, 6.45) is 5.48. The molecule has 0 aliphatic heterocycles. The van der Waals surface area contributed by atoms with Gasteiger partial charge in [-0.25, -0.2) is 0 Å². The van der Waals surface area contributed by atoms with Crippen LogP contribution in [0.2, 0.25) is 0 Å². The first-order valence-corrected chi connectivity index (χ1v) is 9.23. The third kappa shape index (κ3) is 6.38. The van der Waals surface area contributed by atoms with E-state index in [9.17, 15) is 4.79 Å². The third-order valence-electron chi connectivity index (χ3n) is 4.50. The summed E-state index contributed by atoms with van der Waals surface area (Å²) in [5.74, 6) is -0.759. The number of nitrogens with zero attached hydrogens (tertiary/aromatic N) is 2. The lowest BCUT2D eigenvalue weighted by atomic mass is 10.0. The highest BCUT2D eigenvalue weighted by Crippen LogP contribution is 2.10. The van der Waals surface area contributed by atoms with Crippen molar-refractivity contribution in [1.29, 1.82) is 0 Å². The zero-order valence-electron chi connectivity index (χ0n) is 15.3. The van der Waals surface area contributed by atoms with Crippen LogP contribution in [-0.4, -0.2) is 26.9 Å². The van der Waals surface area contributed by atoms with Gasteiger partial charge in [0.25, 0.3) is 0 Å². The lowest BCUT2D eigenvalue weighted by Crippen LogP contribution is -2.31. The van der Waals surface area contributed by atoms with Crippen LogP contribution in [0.5, 0.6) is 0 Å². The van der Waals surface area contributed by atoms with Gasteiger partial charge in [0.05, 0.1) is 12.7 Å². The summed E-state index contributed by atoms with van der Waals surface area (Å²) in [5.41, 5.74) is 3.52. The Morgan fingerprint density at radius 2 is 1.67 bits per heavy atom. The molecule has 140 valence electrons. The first-order valence-electron chi connectivity index (χ1n) is 9.23. The predicted octanol–water partition coefficient (Wildman–Crippen LogP) is 3.50. The minimum absolute atomic E-state index is 0.112. The Kier molecular flexibility index (Phi) is 6.77. The highest BCUT2D eigenvalue weighted by Gasteiger charge is 2.12. The maximum Gasteiger partial charge on any atom is 0.303 e. The Morgan fingerprint density at radius 1 is 1.00 bits per heavy atom. The topological polar surface area (TPSA) is 67.2 Å². The number of hydrogen-bond donors (Lipinski definition) is 2. The van der Waals surface area contributed by atoms with E-state index in [0.717, 1.165) is 18.5 Å². The molecule has 1 unspecified atom stereocenters. The Labute approximate surface area is 159 Å². The van der Waals surface area contributed by atoms with Crippen molar-refractivity contribution in [2.24, 2.45) is 0 Å². The standard InChI is InChI=1S/C22H25N3O2/c26-22(27)12-11-21(13-18-7-3-1-4-8-18)23-14-20-15-24-25(17-20)16-19-9-5-2-6-10-19/h1-10,15,17,21,23H,11-14,16H2,(H,26,27). The Morgan fingerprint density at radius 3 is 2.33 bits per heavy atom. The van der Waals surface area contributed by atoms with Gasteiger partial charge in [-0.3, -0.25) is 9.48 Å². The van der Waals surface area contributed by atoms with Crippen LogP contribution in [0.3, 0.4) is 0 Å². The summed E-state index contributed by atoms with van der Waals surface area (Å²) in [5, 5.41) is 16.9. The molecule has 0 spiro atoms. The SMILES string of the molecule is O=C(O)CCC(Cc1ccccc1)NCc1cnn(Cc2ccccc2)c1. The molecular weight excluding hydrogens is 338 g/mol. The Balaban J connectivity index is 1.56. The first kappa shape index (κ1) is 18.9. The molecule has 5 heteroatoms. The van der Waals surface area contributed by atoms with E-state index in [4.69, 9.17) is 5.11 Å². The van der Waals surface area contributed by atoms with Gasteiger partial charge in [-0.1, -0.05) is 60.7 Å². The van der Waals surface area contributed by atoms with Crippen molar-refractivity contribution >= 4 is 5.97 Å². The zero-order valence-corrected chi connectivity index (χ0v) is 15.3. The van der Waals surface area contributed by atoms with Crippen molar-refractivity contribution < 1.29 is 9.90 Å². The quantitative estimate of drug-likeness (QED) is 0.579. The van der Waals surface area contributed by atoms with Gasteiger partial charge in [-0.15, -0.1) is 0 Å². The van der Waals surface area contributed by atoms with Crippen LogP contribution in [0, 0.1) is 0 Å². The Hall–Kier alpha value is -2.92. The molecule has 1 atom stereocenters. The average Bonchev–Trinajstić information content (AvgIpc) is 3.13. The maximum atomic E-state index is 11.0. The van der Waals surface area contributed by atoms with E-state index < -0.39 is 5.97 Å². The van der Waals surface area contributed by atoms with Gasteiger partial charge in [0.15, 0.2) is 0 Å². The van der Waals surface area contributed by atoms with E-state index in [1.807, 2.05) is 53.5 Å². The molecule has 1 aromatic heterocycles. The molecule has 2 N–H and O–H groups in total. The van der Waals surface area contributed by atoms with Crippen LogP contribution in [0.25, 0.3) is 0 Å². The van der Waals surface area contributed by atoms with Crippen molar-refractivity contribution in [3.05, 3.63) is 89.7 Å². The van der Waals surface area contributed by atoms with Crippen molar-refractivity contribution in [2.75, 3.05) is 0 Å². The van der Waals surface area contributed by atoms with E-state index in [2.05, 4.69) is 34.7 Å². The minimum Gasteiger partial charge on any atom is -0.481 e. The van der Waals surface area contributed by atoms with Gasteiger partial charge in [-0.05, 0) is 24.0 Å². The number of hydrogen-bond acceptors (Lipinski definition) is 3. The van der Waals surface area contributed by atoms with E-state index in [1.54, 1.807) is 0 Å². The molecule has 1 heterocycles. The summed E-state index contributed by atoms with van der Waals surface area (Å²) < 4.78 is 1.93. The number of nitrogens with one attached hydrogen (secondary N) is 1. The number of carbonyl (C=O) groups is 1. The molecule has 0 fully saturated rings. The van der Waals surface area contributed by atoms with Crippen molar-refractivity contribution in [3.8, 4) is 0 Å². The van der Waals surface area contributed by atoms with E-state index in [1.165, 1.54) is 11.1 Å². The molecular formula is C22H25N3O2. The van der Waals surface area contributed by atoms with Crippen LogP contribution >= 0.6 is 0 Å². The van der Waals surface area contributed by atoms with Crippen molar-refractivity contribution in [1.82, 2.24) is 15.1 Å². The number of aliphatic carboxylic acids is 1. The average molecular weight is 363 g/mol. The number of rotatable bonds is 10. The van der Waals surface area contributed by atoms with E-state index in [0.29, 0.717) is 13.0 Å². The smallest absolute Gasteiger partial charge is 0.303 e. The number of aromatic nitrogens is 2. The van der Waals surface area contributed by atoms with E-state index >= 15 is 0 Å². The molecule has 0 aliphatic rings. The van der Waals surface area contributed by atoms with Gasteiger partial charge < -0.3 is 10.4 Å². The lowest BCUT2D eigenvalue weighted by Gasteiger charge is -2.18. The van der Waals surface area contributed by atoms with Crippen LogP contribution in [0.4, 0.5) is 0 Å². The summed E-state index contributed by atoms with van der Waals surface area (Å²) in [6, 6.07) is 20.5. The molecule has 0 bridgehead atoms. The number of carboxylic acid groups (broad SMARTS) is 1. The second kappa shape index (κ2) is 9.69. The van der Waals surface area contributed by atoms with Crippen LogP contribution in [0.15, 0.2) is 73.1 Å². The predicted molar refractivity (Wildman–Crippen MR) is 105 cm³/mol. The molecule has 2 aromatic carbocycles. The van der Waals surface area contributed by atoms with Crippen molar-refractivity contribution in [2.45, 2.75) is 38.4 Å². The Bertz CT molecular complexity index is 831. The molecule has 0 radical (unpaired) electrons. The maximum absolute atomic E-state index is 11.0. The fourth-order valence-electron chi connectivity index (χ4n) is 3.09. The van der Waals surface area contributed by atoms with Crippen LogP contribution in [-0.2, 0) is 24.3 Å². The lowest BCUT2D eigenvalue weighted by molar-refractivity contribution is -0.137. The first-order chi connectivity index (χ1) is 13.2. The molecule has 3 aromatic rings. The van der Waals surface area contributed by atoms with Gasteiger partial charge in [0.1, 0.15) is 0 Å². The fraction of sp³-hybridized carbons (Fsp3) is 0.273. The molecule has 27 heavy (non-hydrogen) atoms. The second-order valence-electron chi connectivity index (χ2n) is 6.73. The molecule has 0 amide bonds. The normalized spacial score (nSPS) is 12.0. The van der Waals surface area contributed by atoms with Gasteiger partial charge in [0.2, 0.25) is 0 Å². The largest absolute Gasteiger partial charge is 0.481 e. The van der Waals surface area contributed by atoms with Crippen molar-refractivity contribution in [3.63, 3.8) is 0 Å². The minimum atomic E-state index is -0.759.